The van der Waals surface area contributed by atoms with Crippen molar-refractivity contribution in [2.75, 3.05) is 28.6 Å². The first-order valence-corrected chi connectivity index (χ1v) is 11.2. The molecule has 0 spiro atoms. The molecule has 2 unspecified atom stereocenters. The van der Waals surface area contributed by atoms with Gasteiger partial charge in [0.2, 0.25) is 11.8 Å². The molecular weight excluding hydrogens is 430 g/mol. The molecule has 9 heteroatoms. The van der Waals surface area contributed by atoms with Gasteiger partial charge >= 0.3 is 6.03 Å². The highest BCUT2D eigenvalue weighted by Crippen LogP contribution is 2.26. The lowest BCUT2D eigenvalue weighted by atomic mass is 10.1. The van der Waals surface area contributed by atoms with Crippen molar-refractivity contribution in [3.8, 4) is 0 Å². The number of amides is 4. The van der Waals surface area contributed by atoms with Gasteiger partial charge in [-0.05, 0) is 61.6 Å². The van der Waals surface area contributed by atoms with Gasteiger partial charge in [-0.25, -0.2) is 9.78 Å². The second kappa shape index (κ2) is 9.56. The van der Waals surface area contributed by atoms with Crippen LogP contribution in [0.15, 0.2) is 42.6 Å². The Morgan fingerprint density at radius 3 is 2.50 bits per heavy atom. The maximum atomic E-state index is 13.0. The van der Waals surface area contributed by atoms with E-state index in [4.69, 9.17) is 11.6 Å². The first-order valence-electron chi connectivity index (χ1n) is 10.8. The van der Waals surface area contributed by atoms with E-state index in [0.29, 0.717) is 48.1 Å². The zero-order chi connectivity index (χ0) is 22.7. The molecule has 0 aliphatic carbocycles. The standard InChI is InChI=1S/C23H26ClN5O3/c1-15-12-19(29(14-15)23(32)27-17-7-5-16(24)6-8-17)22(31)26-18-9-10-20(25-13-18)28-11-3-2-4-21(28)30/h5-10,13,15,19H,2-4,11-12,14H2,1H3,(H,26,31)(H,27,32). The third-order valence-corrected chi connectivity index (χ3v) is 6.04. The summed E-state index contributed by atoms with van der Waals surface area (Å²) in [6.45, 7) is 3.17. The SMILES string of the molecule is CC1CC(C(=O)Nc2ccc(N3CCCCC3=O)nc2)N(C(=O)Nc2ccc(Cl)cc2)C1. The molecule has 2 atom stereocenters. The summed E-state index contributed by atoms with van der Waals surface area (Å²) in [5, 5.41) is 6.27. The number of piperidine rings is 1. The number of pyridine rings is 1. The topological polar surface area (TPSA) is 94.6 Å². The average Bonchev–Trinajstić information content (AvgIpc) is 3.18. The molecule has 1 aromatic carbocycles. The van der Waals surface area contributed by atoms with Crippen molar-refractivity contribution in [1.82, 2.24) is 9.88 Å². The van der Waals surface area contributed by atoms with Crippen LogP contribution in [-0.4, -0.2) is 46.9 Å². The minimum atomic E-state index is -0.583. The highest BCUT2D eigenvalue weighted by molar-refractivity contribution is 6.30. The normalized spacial score (nSPS) is 20.9. The Morgan fingerprint density at radius 2 is 1.81 bits per heavy atom. The van der Waals surface area contributed by atoms with Crippen molar-refractivity contribution in [3.63, 3.8) is 0 Å². The Balaban J connectivity index is 1.40. The van der Waals surface area contributed by atoms with E-state index < -0.39 is 6.04 Å². The number of carbonyl (C=O) groups excluding carboxylic acids is 3. The van der Waals surface area contributed by atoms with E-state index in [-0.39, 0.29) is 23.8 Å². The minimum Gasteiger partial charge on any atom is -0.323 e. The zero-order valence-corrected chi connectivity index (χ0v) is 18.6. The Hall–Kier alpha value is -3.13. The van der Waals surface area contributed by atoms with Crippen molar-refractivity contribution in [3.05, 3.63) is 47.6 Å². The van der Waals surface area contributed by atoms with Gasteiger partial charge in [0.1, 0.15) is 11.9 Å². The van der Waals surface area contributed by atoms with Gasteiger partial charge in [0.15, 0.2) is 0 Å². The number of benzene rings is 1. The number of hydrogen-bond acceptors (Lipinski definition) is 4. The largest absolute Gasteiger partial charge is 0.323 e. The molecule has 4 rings (SSSR count). The van der Waals surface area contributed by atoms with E-state index >= 15 is 0 Å². The predicted octanol–water partition coefficient (Wildman–Crippen LogP) is 4.13. The Bertz CT molecular complexity index is 996. The van der Waals surface area contributed by atoms with Gasteiger partial charge in [0.25, 0.3) is 0 Å². The molecule has 32 heavy (non-hydrogen) atoms. The number of urea groups is 1. The van der Waals surface area contributed by atoms with Crippen molar-refractivity contribution in [2.24, 2.45) is 5.92 Å². The molecule has 3 heterocycles. The van der Waals surface area contributed by atoms with Gasteiger partial charge in [0, 0.05) is 30.2 Å². The van der Waals surface area contributed by atoms with Crippen LogP contribution in [0.5, 0.6) is 0 Å². The summed E-state index contributed by atoms with van der Waals surface area (Å²) in [6.07, 6.45) is 4.53. The van der Waals surface area contributed by atoms with Crippen LogP contribution in [0.3, 0.4) is 0 Å². The lowest BCUT2D eigenvalue weighted by Crippen LogP contribution is -2.45. The number of likely N-dealkylation sites (tertiary alicyclic amines) is 1. The maximum absolute atomic E-state index is 13.0. The molecule has 1 aromatic heterocycles. The number of anilines is 3. The number of rotatable bonds is 4. The van der Waals surface area contributed by atoms with E-state index in [0.717, 1.165) is 12.8 Å². The summed E-state index contributed by atoms with van der Waals surface area (Å²) < 4.78 is 0. The Labute approximate surface area is 191 Å². The zero-order valence-electron chi connectivity index (χ0n) is 17.9. The lowest BCUT2D eigenvalue weighted by molar-refractivity contribution is -0.120. The van der Waals surface area contributed by atoms with Gasteiger partial charge in [-0.15, -0.1) is 0 Å². The number of aromatic nitrogens is 1. The van der Waals surface area contributed by atoms with Crippen LogP contribution >= 0.6 is 11.6 Å². The number of hydrogen-bond donors (Lipinski definition) is 2. The van der Waals surface area contributed by atoms with E-state index in [2.05, 4.69) is 15.6 Å². The molecule has 2 aliphatic rings. The van der Waals surface area contributed by atoms with Crippen molar-refractivity contribution >= 4 is 46.6 Å². The summed E-state index contributed by atoms with van der Waals surface area (Å²) in [4.78, 5) is 45.4. The smallest absolute Gasteiger partial charge is 0.322 e. The van der Waals surface area contributed by atoms with E-state index in [1.165, 1.54) is 0 Å². The highest BCUT2D eigenvalue weighted by Gasteiger charge is 2.38. The molecule has 2 N–H and O–H groups in total. The number of carbonyl (C=O) groups is 3. The van der Waals surface area contributed by atoms with Gasteiger partial charge in [-0.2, -0.15) is 0 Å². The van der Waals surface area contributed by atoms with Crippen molar-refractivity contribution < 1.29 is 14.4 Å². The van der Waals surface area contributed by atoms with Gasteiger partial charge in [-0.1, -0.05) is 18.5 Å². The van der Waals surface area contributed by atoms with Crippen molar-refractivity contribution in [2.45, 2.75) is 38.6 Å². The fourth-order valence-corrected chi connectivity index (χ4v) is 4.27. The lowest BCUT2D eigenvalue weighted by Gasteiger charge is -2.26. The van der Waals surface area contributed by atoms with Crippen LogP contribution in [0.2, 0.25) is 5.02 Å². The van der Waals surface area contributed by atoms with Crippen LogP contribution in [0, 0.1) is 5.92 Å². The molecule has 2 aliphatic heterocycles. The second-order valence-electron chi connectivity index (χ2n) is 8.34. The van der Waals surface area contributed by atoms with Crippen molar-refractivity contribution in [1.29, 1.82) is 0 Å². The van der Waals surface area contributed by atoms with Crippen LogP contribution in [0.25, 0.3) is 0 Å². The Kier molecular flexibility index (Phi) is 6.60. The fraction of sp³-hybridized carbons (Fsp3) is 0.391. The molecule has 2 fully saturated rings. The minimum absolute atomic E-state index is 0.0721. The average molecular weight is 456 g/mol. The molecule has 0 radical (unpaired) electrons. The highest BCUT2D eigenvalue weighted by atomic mass is 35.5. The molecule has 4 amide bonds. The van der Waals surface area contributed by atoms with Gasteiger partial charge < -0.3 is 15.5 Å². The summed E-state index contributed by atoms with van der Waals surface area (Å²) in [5.74, 6) is 0.602. The first-order chi connectivity index (χ1) is 15.4. The van der Waals surface area contributed by atoms with Gasteiger partial charge in [0.05, 0.1) is 11.9 Å². The molecule has 2 saturated heterocycles. The Morgan fingerprint density at radius 1 is 1.06 bits per heavy atom. The van der Waals surface area contributed by atoms with E-state index in [1.54, 1.807) is 52.4 Å². The molecule has 0 saturated carbocycles. The summed E-state index contributed by atoms with van der Waals surface area (Å²) in [6, 6.07) is 9.39. The summed E-state index contributed by atoms with van der Waals surface area (Å²) >= 11 is 5.90. The van der Waals surface area contributed by atoms with Crippen LogP contribution in [0.1, 0.15) is 32.6 Å². The molecule has 2 aromatic rings. The quantitative estimate of drug-likeness (QED) is 0.724. The summed E-state index contributed by atoms with van der Waals surface area (Å²) in [5.41, 5.74) is 1.14. The second-order valence-corrected chi connectivity index (χ2v) is 8.78. The van der Waals surface area contributed by atoms with Crippen LogP contribution < -0.4 is 15.5 Å². The molecular formula is C23H26ClN5O3. The fourth-order valence-electron chi connectivity index (χ4n) is 4.14. The number of nitrogens with one attached hydrogen (secondary N) is 2. The maximum Gasteiger partial charge on any atom is 0.322 e. The molecule has 0 bridgehead atoms. The first kappa shape index (κ1) is 22.1. The van der Waals surface area contributed by atoms with Gasteiger partial charge in [-0.3, -0.25) is 14.5 Å². The van der Waals surface area contributed by atoms with Crippen LogP contribution in [0.4, 0.5) is 22.0 Å². The molecule has 8 nitrogen and oxygen atoms in total. The van der Waals surface area contributed by atoms with E-state index in [9.17, 15) is 14.4 Å². The number of nitrogens with zero attached hydrogens (tertiary/aromatic N) is 3. The number of halogens is 1. The third kappa shape index (κ3) is 5.02. The van der Waals surface area contributed by atoms with Crippen LogP contribution in [-0.2, 0) is 9.59 Å². The third-order valence-electron chi connectivity index (χ3n) is 5.78. The summed E-state index contributed by atoms with van der Waals surface area (Å²) in [7, 11) is 0. The monoisotopic (exact) mass is 455 g/mol. The predicted molar refractivity (Wildman–Crippen MR) is 124 cm³/mol. The molecule has 168 valence electrons. The van der Waals surface area contributed by atoms with E-state index in [1.807, 2.05) is 6.92 Å².